The van der Waals surface area contributed by atoms with Gasteiger partial charge < -0.3 is 14.8 Å². The third-order valence-corrected chi connectivity index (χ3v) is 4.91. The number of hydrogen-bond donors (Lipinski definition) is 1. The van der Waals surface area contributed by atoms with Crippen molar-refractivity contribution < 1.29 is 23.5 Å². The van der Waals surface area contributed by atoms with Crippen molar-refractivity contribution in [1.82, 2.24) is 0 Å². The average molecular weight is 399 g/mol. The van der Waals surface area contributed by atoms with E-state index in [4.69, 9.17) is 9.47 Å². The van der Waals surface area contributed by atoms with Gasteiger partial charge in [0, 0.05) is 10.9 Å². The number of methoxy groups -OCH3 is 1. The Morgan fingerprint density at radius 2 is 1.82 bits per heavy atom. The van der Waals surface area contributed by atoms with Gasteiger partial charge in [-0.1, -0.05) is 24.3 Å². The maximum absolute atomic E-state index is 13.9. The lowest BCUT2D eigenvalue weighted by molar-refractivity contribution is 0.0529. The molecule has 144 valence electrons. The van der Waals surface area contributed by atoms with Crippen molar-refractivity contribution in [1.29, 1.82) is 0 Å². The number of esters is 1. The third kappa shape index (κ3) is 4.04. The zero-order chi connectivity index (χ0) is 20.1. The predicted molar refractivity (Wildman–Crippen MR) is 107 cm³/mol. The molecule has 5 nitrogen and oxygen atoms in total. The number of carbonyl (C=O) groups is 2. The second-order valence-electron chi connectivity index (χ2n) is 5.74. The molecule has 0 atom stereocenters. The van der Waals surface area contributed by atoms with Gasteiger partial charge >= 0.3 is 5.97 Å². The molecule has 0 aliphatic rings. The van der Waals surface area contributed by atoms with Crippen LogP contribution in [0.25, 0.3) is 11.1 Å². The number of anilines is 1. The second-order valence-corrected chi connectivity index (χ2v) is 6.62. The molecule has 28 heavy (non-hydrogen) atoms. The van der Waals surface area contributed by atoms with Gasteiger partial charge in [0.25, 0.3) is 5.91 Å². The molecule has 0 aliphatic heterocycles. The number of carbonyl (C=O) groups excluding carboxylic acids is 2. The number of hydrogen-bond acceptors (Lipinski definition) is 5. The van der Waals surface area contributed by atoms with Crippen molar-refractivity contribution in [2.75, 3.05) is 19.0 Å². The Bertz CT molecular complexity index is 998. The van der Waals surface area contributed by atoms with Gasteiger partial charge in [-0.2, -0.15) is 0 Å². The largest absolute Gasteiger partial charge is 0.497 e. The van der Waals surface area contributed by atoms with Crippen LogP contribution in [-0.2, 0) is 4.74 Å². The lowest BCUT2D eigenvalue weighted by Crippen LogP contribution is -2.16. The molecule has 3 rings (SSSR count). The number of halogens is 1. The van der Waals surface area contributed by atoms with Crippen LogP contribution in [0.15, 0.2) is 53.9 Å². The van der Waals surface area contributed by atoms with Gasteiger partial charge in [0.15, 0.2) is 0 Å². The molecule has 0 fully saturated rings. The van der Waals surface area contributed by atoms with Crippen LogP contribution in [0.2, 0.25) is 0 Å². The Morgan fingerprint density at radius 3 is 2.46 bits per heavy atom. The molecule has 0 unspecified atom stereocenters. The minimum Gasteiger partial charge on any atom is -0.497 e. The summed E-state index contributed by atoms with van der Waals surface area (Å²) in [5.74, 6) is -1.14. The lowest BCUT2D eigenvalue weighted by Gasteiger charge is -2.09. The van der Waals surface area contributed by atoms with E-state index in [1.807, 2.05) is 12.1 Å². The fourth-order valence-electron chi connectivity index (χ4n) is 2.65. The Labute approximate surface area is 165 Å². The van der Waals surface area contributed by atoms with Crippen molar-refractivity contribution in [3.8, 4) is 16.9 Å². The fourth-order valence-corrected chi connectivity index (χ4v) is 3.61. The van der Waals surface area contributed by atoms with Gasteiger partial charge in [-0.3, -0.25) is 4.79 Å². The van der Waals surface area contributed by atoms with Gasteiger partial charge in [-0.25, -0.2) is 9.18 Å². The highest BCUT2D eigenvalue weighted by molar-refractivity contribution is 7.15. The Kier molecular flexibility index (Phi) is 6.06. The summed E-state index contributed by atoms with van der Waals surface area (Å²) in [6.07, 6.45) is 0. The molecule has 0 bridgehead atoms. The van der Waals surface area contributed by atoms with Crippen LogP contribution in [-0.4, -0.2) is 25.6 Å². The van der Waals surface area contributed by atoms with Gasteiger partial charge in [-0.05, 0) is 36.8 Å². The number of benzene rings is 2. The van der Waals surface area contributed by atoms with Gasteiger partial charge in [0.05, 0.1) is 19.3 Å². The van der Waals surface area contributed by atoms with Gasteiger partial charge in [0.1, 0.15) is 22.1 Å². The first-order chi connectivity index (χ1) is 13.5. The molecular formula is C21H18FNO4S. The topological polar surface area (TPSA) is 64.6 Å². The predicted octanol–water partition coefficient (Wildman–Crippen LogP) is 4.99. The van der Waals surface area contributed by atoms with E-state index in [2.05, 4.69) is 5.32 Å². The molecule has 0 saturated carbocycles. The fraction of sp³-hybridized carbons (Fsp3) is 0.143. The van der Waals surface area contributed by atoms with Crippen molar-refractivity contribution in [3.05, 3.63) is 70.9 Å². The molecule has 0 saturated heterocycles. The number of rotatable bonds is 6. The number of amides is 1. The molecule has 0 aliphatic carbocycles. The SMILES string of the molecule is CCOC(=O)c1c(-c2ccc(OC)cc2)csc1NC(=O)c1ccccc1F. The third-order valence-electron chi connectivity index (χ3n) is 4.02. The maximum Gasteiger partial charge on any atom is 0.341 e. The molecule has 1 amide bonds. The van der Waals surface area contributed by atoms with E-state index >= 15 is 0 Å². The molecule has 1 aromatic heterocycles. The van der Waals surface area contributed by atoms with Crippen LogP contribution in [0, 0.1) is 5.82 Å². The van der Waals surface area contributed by atoms with E-state index in [1.165, 1.54) is 29.5 Å². The standard InChI is InChI=1S/C21H18FNO4S/c1-3-27-21(25)18-16(13-8-10-14(26-2)11-9-13)12-28-20(18)23-19(24)15-6-4-5-7-17(15)22/h4-12H,3H2,1-2H3,(H,23,24). The summed E-state index contributed by atoms with van der Waals surface area (Å²) in [6, 6.07) is 12.8. The van der Waals surface area contributed by atoms with E-state index in [0.717, 1.165) is 5.56 Å². The highest BCUT2D eigenvalue weighted by Crippen LogP contribution is 2.37. The quantitative estimate of drug-likeness (QED) is 0.593. The van der Waals surface area contributed by atoms with Crippen molar-refractivity contribution >= 4 is 28.2 Å². The zero-order valence-corrected chi connectivity index (χ0v) is 16.1. The second kappa shape index (κ2) is 8.67. The first kappa shape index (κ1) is 19.6. The normalized spacial score (nSPS) is 10.4. The molecule has 2 aromatic carbocycles. The van der Waals surface area contributed by atoms with Crippen molar-refractivity contribution in [2.45, 2.75) is 6.92 Å². The van der Waals surface area contributed by atoms with Crippen LogP contribution in [0.3, 0.4) is 0 Å². The summed E-state index contributed by atoms with van der Waals surface area (Å²) in [6.45, 7) is 1.90. The Morgan fingerprint density at radius 1 is 1.11 bits per heavy atom. The molecule has 1 heterocycles. The minimum absolute atomic E-state index is 0.100. The van der Waals surface area contributed by atoms with Crippen molar-refractivity contribution in [2.24, 2.45) is 0 Å². The average Bonchev–Trinajstić information content (AvgIpc) is 3.12. The Balaban J connectivity index is 1.99. The zero-order valence-electron chi connectivity index (χ0n) is 15.3. The molecule has 1 N–H and O–H groups in total. The summed E-state index contributed by atoms with van der Waals surface area (Å²) < 4.78 is 24.2. The molecular weight excluding hydrogens is 381 g/mol. The van der Waals surface area contributed by atoms with Crippen LogP contribution >= 0.6 is 11.3 Å². The number of ether oxygens (including phenoxy) is 2. The smallest absolute Gasteiger partial charge is 0.341 e. The highest BCUT2D eigenvalue weighted by atomic mass is 32.1. The molecule has 0 radical (unpaired) electrons. The summed E-state index contributed by atoms with van der Waals surface area (Å²) in [4.78, 5) is 25.0. The van der Waals surface area contributed by atoms with E-state index in [9.17, 15) is 14.0 Å². The summed E-state index contributed by atoms with van der Waals surface area (Å²) in [5.41, 5.74) is 1.53. The van der Waals surface area contributed by atoms with Crippen molar-refractivity contribution in [3.63, 3.8) is 0 Å². The van der Waals surface area contributed by atoms with E-state index in [1.54, 1.807) is 37.6 Å². The van der Waals surface area contributed by atoms with Crippen LogP contribution in [0.1, 0.15) is 27.6 Å². The lowest BCUT2D eigenvalue weighted by atomic mass is 10.0. The van der Waals surface area contributed by atoms with Gasteiger partial charge in [-0.15, -0.1) is 11.3 Å². The van der Waals surface area contributed by atoms with Crippen LogP contribution in [0.4, 0.5) is 9.39 Å². The van der Waals surface area contributed by atoms with Gasteiger partial charge in [0.2, 0.25) is 0 Å². The molecule has 7 heteroatoms. The Hall–Kier alpha value is -3.19. The van der Waals surface area contributed by atoms with E-state index in [-0.39, 0.29) is 17.7 Å². The van der Waals surface area contributed by atoms with Crippen LogP contribution < -0.4 is 10.1 Å². The first-order valence-corrected chi connectivity index (χ1v) is 9.42. The molecule has 0 spiro atoms. The van der Waals surface area contributed by atoms with Crippen LogP contribution in [0.5, 0.6) is 5.75 Å². The van der Waals surface area contributed by atoms with E-state index < -0.39 is 17.7 Å². The highest BCUT2D eigenvalue weighted by Gasteiger charge is 2.23. The minimum atomic E-state index is -0.635. The monoisotopic (exact) mass is 399 g/mol. The molecule has 3 aromatic rings. The summed E-state index contributed by atoms with van der Waals surface area (Å²) >= 11 is 1.18. The van der Waals surface area contributed by atoms with E-state index in [0.29, 0.717) is 16.3 Å². The number of nitrogens with one attached hydrogen (secondary N) is 1. The maximum atomic E-state index is 13.9. The first-order valence-electron chi connectivity index (χ1n) is 8.54. The summed E-state index contributed by atoms with van der Waals surface area (Å²) in [5, 5.41) is 4.69. The summed E-state index contributed by atoms with van der Waals surface area (Å²) in [7, 11) is 1.57. The number of thiophene rings is 1.